The molecule has 114 valence electrons. The van der Waals surface area contributed by atoms with Gasteiger partial charge in [0.25, 0.3) is 0 Å². The normalized spacial score (nSPS) is 12.4. The fourth-order valence-corrected chi connectivity index (χ4v) is 3.56. The Labute approximate surface area is 116 Å². The number of alkyl halides is 3. The summed E-state index contributed by atoms with van der Waals surface area (Å²) in [6.45, 7) is -0.827. The van der Waals surface area contributed by atoms with Crippen LogP contribution < -0.4 is 10.0 Å². The monoisotopic (exact) mass is 333 g/mol. The lowest BCUT2D eigenvalue weighted by atomic mass is 10.4. The van der Waals surface area contributed by atoms with E-state index in [-0.39, 0.29) is 5.00 Å². The maximum atomic E-state index is 11.9. The van der Waals surface area contributed by atoms with Gasteiger partial charge in [0.05, 0.1) is 11.3 Å². The third-order valence-corrected chi connectivity index (χ3v) is 5.16. The molecule has 0 amide bonds. The van der Waals surface area contributed by atoms with Gasteiger partial charge in [-0.25, -0.2) is 13.1 Å². The fourth-order valence-electron chi connectivity index (χ4n) is 1.20. The molecule has 1 aromatic rings. The largest absolute Gasteiger partial charge is 0.390 e. The molecule has 0 aliphatic heterocycles. The van der Waals surface area contributed by atoms with Crippen molar-refractivity contribution >= 4 is 32.0 Å². The van der Waals surface area contributed by atoms with Gasteiger partial charge in [0.1, 0.15) is 4.21 Å². The van der Waals surface area contributed by atoms with Gasteiger partial charge in [0.2, 0.25) is 10.0 Å². The molecule has 0 unspecified atom stereocenters. The Kier molecular flexibility index (Phi) is 4.94. The molecule has 2 N–H and O–H groups in total. The third kappa shape index (κ3) is 4.31. The number of sulfonamides is 1. The van der Waals surface area contributed by atoms with Crippen molar-refractivity contribution < 1.29 is 26.5 Å². The molecule has 20 heavy (non-hydrogen) atoms. The van der Waals surface area contributed by atoms with E-state index >= 15 is 0 Å². The minimum atomic E-state index is -4.49. The fraction of sp³-hybridized carbons (Fsp3) is 0.500. The van der Waals surface area contributed by atoms with Gasteiger partial charge in [0.15, 0.2) is 5.00 Å². The van der Waals surface area contributed by atoms with Crippen LogP contribution in [0.25, 0.3) is 0 Å². The second kappa shape index (κ2) is 5.93. The van der Waals surface area contributed by atoms with Crippen LogP contribution in [-0.4, -0.2) is 33.1 Å². The van der Waals surface area contributed by atoms with Crippen LogP contribution in [0.15, 0.2) is 10.3 Å². The van der Waals surface area contributed by atoms with Crippen LogP contribution in [0.3, 0.4) is 0 Å². The summed E-state index contributed by atoms with van der Waals surface area (Å²) < 4.78 is 60.5. The molecule has 0 spiro atoms. The summed E-state index contributed by atoms with van der Waals surface area (Å²) >= 11 is 0.568. The molecule has 0 aromatic carbocycles. The Balaban J connectivity index is 2.90. The molecule has 1 aromatic heterocycles. The second-order valence-corrected chi connectivity index (χ2v) is 6.60. The van der Waals surface area contributed by atoms with Crippen molar-refractivity contribution in [3.8, 4) is 0 Å². The Morgan fingerprint density at radius 3 is 2.45 bits per heavy atom. The summed E-state index contributed by atoms with van der Waals surface area (Å²) in [5, 5.41) is 13.1. The first-order chi connectivity index (χ1) is 9.07. The van der Waals surface area contributed by atoms with Crippen LogP contribution in [0.4, 0.5) is 23.9 Å². The lowest BCUT2D eigenvalue weighted by molar-refractivity contribution is -0.383. The summed E-state index contributed by atoms with van der Waals surface area (Å²) in [5.74, 6) is 0. The molecule has 0 fully saturated rings. The van der Waals surface area contributed by atoms with Crippen molar-refractivity contribution in [2.24, 2.45) is 0 Å². The van der Waals surface area contributed by atoms with E-state index in [4.69, 9.17) is 0 Å². The molecule has 0 atom stereocenters. The van der Waals surface area contributed by atoms with E-state index in [2.05, 4.69) is 5.32 Å². The van der Waals surface area contributed by atoms with Crippen molar-refractivity contribution in [1.82, 2.24) is 4.72 Å². The summed E-state index contributed by atoms with van der Waals surface area (Å²) in [4.78, 5) is 9.89. The first-order valence-electron chi connectivity index (χ1n) is 5.09. The Morgan fingerprint density at radius 1 is 1.45 bits per heavy atom. The number of hydrogen-bond donors (Lipinski definition) is 2. The van der Waals surface area contributed by atoms with E-state index in [1.165, 1.54) is 7.05 Å². The van der Waals surface area contributed by atoms with Crippen LogP contribution in [0.5, 0.6) is 0 Å². The SMILES string of the molecule is CNc1sc(S(=O)(=O)NCCC(F)(F)F)cc1[N+](=O)[O-]. The summed E-state index contributed by atoms with van der Waals surface area (Å²) in [6, 6.07) is 0.798. The molecule has 0 saturated heterocycles. The van der Waals surface area contributed by atoms with Crippen molar-refractivity contribution in [2.75, 3.05) is 18.9 Å². The quantitative estimate of drug-likeness (QED) is 0.612. The molecule has 1 heterocycles. The summed E-state index contributed by atoms with van der Waals surface area (Å²) in [7, 11) is -2.84. The molecule has 0 saturated carbocycles. The zero-order valence-corrected chi connectivity index (χ0v) is 11.7. The van der Waals surface area contributed by atoms with Gasteiger partial charge in [-0.3, -0.25) is 10.1 Å². The van der Waals surface area contributed by atoms with Crippen LogP contribution in [0.2, 0.25) is 0 Å². The predicted molar refractivity (Wildman–Crippen MR) is 66.4 cm³/mol. The van der Waals surface area contributed by atoms with Crippen LogP contribution in [0, 0.1) is 10.1 Å². The Bertz CT molecular complexity index is 597. The first kappa shape index (κ1) is 16.7. The number of rotatable bonds is 6. The highest BCUT2D eigenvalue weighted by molar-refractivity contribution is 7.91. The lowest BCUT2D eigenvalue weighted by Crippen LogP contribution is -2.27. The average Bonchev–Trinajstić information content (AvgIpc) is 2.71. The molecule has 12 heteroatoms. The predicted octanol–water partition coefficient (Wildman–Crippen LogP) is 1.93. The van der Waals surface area contributed by atoms with Gasteiger partial charge >= 0.3 is 11.9 Å². The van der Waals surface area contributed by atoms with E-state index in [0.717, 1.165) is 6.07 Å². The van der Waals surface area contributed by atoms with Crippen molar-refractivity contribution in [2.45, 2.75) is 16.8 Å². The van der Waals surface area contributed by atoms with Crippen molar-refractivity contribution in [3.05, 3.63) is 16.2 Å². The van der Waals surface area contributed by atoms with Crippen molar-refractivity contribution in [3.63, 3.8) is 0 Å². The number of halogens is 3. The first-order valence-corrected chi connectivity index (χ1v) is 7.39. The lowest BCUT2D eigenvalue weighted by Gasteiger charge is -2.07. The topological polar surface area (TPSA) is 101 Å². The zero-order valence-electron chi connectivity index (χ0n) is 10.0. The van der Waals surface area contributed by atoms with Crippen LogP contribution in [-0.2, 0) is 10.0 Å². The van der Waals surface area contributed by atoms with Gasteiger partial charge in [-0.2, -0.15) is 13.2 Å². The molecule has 0 aliphatic carbocycles. The number of nitrogens with one attached hydrogen (secondary N) is 2. The molecule has 1 rings (SSSR count). The maximum Gasteiger partial charge on any atom is 0.390 e. The van der Waals surface area contributed by atoms with Gasteiger partial charge in [-0.05, 0) is 0 Å². The van der Waals surface area contributed by atoms with Crippen molar-refractivity contribution in [1.29, 1.82) is 0 Å². The molecular weight excluding hydrogens is 323 g/mol. The van der Waals surface area contributed by atoms with E-state index in [0.29, 0.717) is 11.3 Å². The highest BCUT2D eigenvalue weighted by atomic mass is 32.2. The summed E-state index contributed by atoms with van der Waals surface area (Å²) in [6.07, 6.45) is -5.81. The number of nitro groups is 1. The highest BCUT2D eigenvalue weighted by Crippen LogP contribution is 2.36. The molecular formula is C8H10F3N3O4S2. The zero-order chi connectivity index (χ0) is 15.6. The van der Waals surface area contributed by atoms with Crippen LogP contribution in [0.1, 0.15) is 6.42 Å². The number of anilines is 1. The van der Waals surface area contributed by atoms with E-state index in [1.54, 1.807) is 4.72 Å². The number of hydrogen-bond acceptors (Lipinski definition) is 6. The van der Waals surface area contributed by atoms with Gasteiger partial charge in [-0.1, -0.05) is 11.3 Å². The Morgan fingerprint density at radius 2 is 2.05 bits per heavy atom. The van der Waals surface area contributed by atoms with E-state index in [1.807, 2.05) is 0 Å². The molecule has 0 bridgehead atoms. The third-order valence-electron chi connectivity index (χ3n) is 2.08. The molecule has 0 radical (unpaired) electrons. The number of thiophene rings is 1. The standard InChI is InChI=1S/C8H10F3N3O4S2/c1-12-7-5(14(15)16)4-6(19-7)20(17,18)13-3-2-8(9,10)11/h4,12-13H,2-3H2,1H3. The smallest absolute Gasteiger partial charge is 0.374 e. The number of nitrogens with zero attached hydrogens (tertiary/aromatic N) is 1. The average molecular weight is 333 g/mol. The van der Waals surface area contributed by atoms with Gasteiger partial charge < -0.3 is 5.32 Å². The van der Waals surface area contributed by atoms with Gasteiger partial charge in [0, 0.05) is 19.7 Å². The highest BCUT2D eigenvalue weighted by Gasteiger charge is 2.29. The maximum absolute atomic E-state index is 11.9. The minimum Gasteiger partial charge on any atom is -0.374 e. The minimum absolute atomic E-state index is 0.00574. The van der Waals surface area contributed by atoms with Gasteiger partial charge in [-0.15, -0.1) is 0 Å². The molecule has 7 nitrogen and oxygen atoms in total. The van der Waals surface area contributed by atoms with Crippen LogP contribution >= 0.6 is 11.3 Å². The Hall–Kier alpha value is -1.40. The second-order valence-electron chi connectivity index (χ2n) is 3.55. The molecule has 0 aliphatic rings. The van der Waals surface area contributed by atoms with E-state index in [9.17, 15) is 31.7 Å². The summed E-state index contributed by atoms with van der Waals surface area (Å²) in [5.41, 5.74) is -0.450. The van der Waals surface area contributed by atoms with E-state index < -0.39 is 44.0 Å².